The van der Waals surface area contributed by atoms with Crippen molar-refractivity contribution >= 4 is 11.4 Å². The predicted molar refractivity (Wildman–Crippen MR) is 67.2 cm³/mol. The summed E-state index contributed by atoms with van der Waals surface area (Å²) >= 11 is 0. The van der Waals surface area contributed by atoms with Crippen LogP contribution in [0.3, 0.4) is 0 Å². The number of anilines is 1. The minimum atomic E-state index is -0.547. The van der Waals surface area contributed by atoms with Gasteiger partial charge in [-0.1, -0.05) is 0 Å². The lowest BCUT2D eigenvalue weighted by Gasteiger charge is -2.25. The van der Waals surface area contributed by atoms with Gasteiger partial charge in [-0.3, -0.25) is 10.1 Å². The van der Waals surface area contributed by atoms with Gasteiger partial charge in [0.25, 0.3) is 5.69 Å². The molecule has 1 fully saturated rings. The lowest BCUT2D eigenvalue weighted by Crippen LogP contribution is -2.35. The fourth-order valence-electron chi connectivity index (χ4n) is 2.43. The summed E-state index contributed by atoms with van der Waals surface area (Å²) in [6, 6.07) is 2.64. The van der Waals surface area contributed by atoms with Crippen molar-refractivity contribution in [3.8, 4) is 0 Å². The zero-order valence-electron chi connectivity index (χ0n) is 10.2. The van der Waals surface area contributed by atoms with Crippen molar-refractivity contribution in [3.63, 3.8) is 0 Å². The molecule has 1 saturated heterocycles. The summed E-state index contributed by atoms with van der Waals surface area (Å²) in [6.07, 6.45) is 1.87. The second-order valence-corrected chi connectivity index (χ2v) is 4.57. The van der Waals surface area contributed by atoms with Gasteiger partial charge in [0.05, 0.1) is 11.0 Å². The van der Waals surface area contributed by atoms with E-state index >= 15 is 0 Å². The monoisotopic (exact) mass is 253 g/mol. The third kappa shape index (κ3) is 2.15. The summed E-state index contributed by atoms with van der Waals surface area (Å²) in [5.74, 6) is -0.547. The summed E-state index contributed by atoms with van der Waals surface area (Å²) in [6.45, 7) is 2.79. The molecule has 1 unspecified atom stereocenters. The molecule has 0 spiro atoms. The standard InChI is InChI=1S/C12H16FN3O2/c1-8-5-11(12(16(17)18)6-10(8)13)15-4-2-3-9(15)7-14/h5-6,9H,2-4,7,14H2,1H3. The van der Waals surface area contributed by atoms with Crippen LogP contribution in [-0.2, 0) is 0 Å². The molecule has 1 heterocycles. The van der Waals surface area contributed by atoms with Crippen LogP contribution in [0.25, 0.3) is 0 Å². The molecule has 1 aliphatic rings. The Bertz CT molecular complexity index is 479. The first-order valence-corrected chi connectivity index (χ1v) is 5.96. The van der Waals surface area contributed by atoms with E-state index in [1.165, 1.54) is 0 Å². The average molecular weight is 253 g/mol. The number of hydrogen-bond acceptors (Lipinski definition) is 4. The molecule has 5 nitrogen and oxygen atoms in total. The van der Waals surface area contributed by atoms with Crippen LogP contribution in [-0.4, -0.2) is 24.1 Å². The number of benzene rings is 1. The van der Waals surface area contributed by atoms with E-state index < -0.39 is 10.7 Å². The Morgan fingerprint density at radius 2 is 2.33 bits per heavy atom. The normalized spacial score (nSPS) is 19.3. The van der Waals surface area contributed by atoms with E-state index in [0.717, 1.165) is 25.5 Å². The van der Waals surface area contributed by atoms with Crippen molar-refractivity contribution in [2.75, 3.05) is 18.0 Å². The van der Waals surface area contributed by atoms with Gasteiger partial charge in [-0.15, -0.1) is 0 Å². The molecule has 0 aromatic heterocycles. The SMILES string of the molecule is Cc1cc(N2CCCC2CN)c([N+](=O)[O-])cc1F. The Hall–Kier alpha value is -1.69. The molecule has 0 saturated carbocycles. The Balaban J connectivity index is 2.48. The average Bonchev–Trinajstić information content (AvgIpc) is 2.79. The highest BCUT2D eigenvalue weighted by atomic mass is 19.1. The van der Waals surface area contributed by atoms with Gasteiger partial charge < -0.3 is 10.6 Å². The van der Waals surface area contributed by atoms with Crippen molar-refractivity contribution in [2.24, 2.45) is 5.73 Å². The smallest absolute Gasteiger partial charge is 0.295 e. The van der Waals surface area contributed by atoms with Gasteiger partial charge in [0, 0.05) is 19.1 Å². The number of rotatable bonds is 3. The minimum absolute atomic E-state index is 0.105. The Morgan fingerprint density at radius 3 is 2.94 bits per heavy atom. The maximum absolute atomic E-state index is 13.4. The molecule has 2 rings (SSSR count). The van der Waals surface area contributed by atoms with E-state index in [0.29, 0.717) is 17.8 Å². The minimum Gasteiger partial charge on any atom is -0.362 e. The van der Waals surface area contributed by atoms with E-state index in [9.17, 15) is 14.5 Å². The molecular weight excluding hydrogens is 237 g/mol. The second kappa shape index (κ2) is 4.89. The summed E-state index contributed by atoms with van der Waals surface area (Å²) < 4.78 is 13.4. The predicted octanol–water partition coefficient (Wildman–Crippen LogP) is 1.97. The number of aryl methyl sites for hydroxylation is 1. The van der Waals surface area contributed by atoms with Crippen molar-refractivity contribution in [2.45, 2.75) is 25.8 Å². The van der Waals surface area contributed by atoms with Crippen LogP contribution in [0.4, 0.5) is 15.8 Å². The van der Waals surface area contributed by atoms with Crippen molar-refractivity contribution < 1.29 is 9.31 Å². The number of nitro benzene ring substituents is 1. The Labute approximate surface area is 105 Å². The molecule has 0 aliphatic carbocycles. The highest BCUT2D eigenvalue weighted by Crippen LogP contribution is 2.35. The van der Waals surface area contributed by atoms with Gasteiger partial charge in [-0.2, -0.15) is 0 Å². The number of nitro groups is 1. The fourth-order valence-corrected chi connectivity index (χ4v) is 2.43. The van der Waals surface area contributed by atoms with Gasteiger partial charge >= 0.3 is 0 Å². The molecule has 98 valence electrons. The molecule has 1 aromatic carbocycles. The van der Waals surface area contributed by atoms with Crippen LogP contribution in [0.2, 0.25) is 0 Å². The highest BCUT2D eigenvalue weighted by Gasteiger charge is 2.29. The van der Waals surface area contributed by atoms with Crippen molar-refractivity contribution in [1.29, 1.82) is 0 Å². The van der Waals surface area contributed by atoms with E-state index in [-0.39, 0.29) is 11.7 Å². The lowest BCUT2D eigenvalue weighted by molar-refractivity contribution is -0.384. The first-order valence-electron chi connectivity index (χ1n) is 5.96. The van der Waals surface area contributed by atoms with Gasteiger partial charge in [-0.25, -0.2) is 4.39 Å². The molecule has 2 N–H and O–H groups in total. The summed E-state index contributed by atoms with van der Waals surface area (Å²) in [5, 5.41) is 11.0. The van der Waals surface area contributed by atoms with Crippen LogP contribution in [0.5, 0.6) is 0 Å². The first-order chi connectivity index (χ1) is 8.54. The third-order valence-electron chi connectivity index (χ3n) is 3.41. The summed E-state index contributed by atoms with van der Waals surface area (Å²) in [7, 11) is 0. The highest BCUT2D eigenvalue weighted by molar-refractivity contribution is 5.65. The molecule has 1 atom stereocenters. The molecule has 1 aliphatic heterocycles. The van der Waals surface area contributed by atoms with Gasteiger partial charge in [0.2, 0.25) is 0 Å². The van der Waals surface area contributed by atoms with E-state index in [2.05, 4.69) is 0 Å². The fraction of sp³-hybridized carbons (Fsp3) is 0.500. The number of hydrogen-bond donors (Lipinski definition) is 1. The van der Waals surface area contributed by atoms with E-state index in [1.54, 1.807) is 13.0 Å². The number of nitrogens with two attached hydrogens (primary N) is 1. The van der Waals surface area contributed by atoms with Crippen LogP contribution in [0.15, 0.2) is 12.1 Å². The molecule has 0 bridgehead atoms. The zero-order chi connectivity index (χ0) is 13.3. The Kier molecular flexibility index (Phi) is 3.47. The molecule has 1 aromatic rings. The molecule has 6 heteroatoms. The number of halogens is 1. The van der Waals surface area contributed by atoms with Gasteiger partial charge in [-0.05, 0) is 31.4 Å². The van der Waals surface area contributed by atoms with Crippen LogP contribution < -0.4 is 10.6 Å². The van der Waals surface area contributed by atoms with Gasteiger partial charge in [0.1, 0.15) is 11.5 Å². The van der Waals surface area contributed by atoms with E-state index in [4.69, 9.17) is 5.73 Å². The summed E-state index contributed by atoms with van der Waals surface area (Å²) in [5.41, 5.74) is 6.38. The third-order valence-corrected chi connectivity index (χ3v) is 3.41. The van der Waals surface area contributed by atoms with Crippen LogP contribution in [0, 0.1) is 22.9 Å². The summed E-state index contributed by atoms with van der Waals surface area (Å²) in [4.78, 5) is 12.4. The molecule has 18 heavy (non-hydrogen) atoms. The van der Waals surface area contributed by atoms with Crippen LogP contribution in [0.1, 0.15) is 18.4 Å². The molecule has 0 amide bonds. The van der Waals surface area contributed by atoms with E-state index in [1.807, 2.05) is 4.90 Å². The molecule has 0 radical (unpaired) electrons. The van der Waals surface area contributed by atoms with Crippen molar-refractivity contribution in [3.05, 3.63) is 33.6 Å². The quantitative estimate of drug-likeness (QED) is 0.660. The number of nitrogens with zero attached hydrogens (tertiary/aromatic N) is 2. The maximum Gasteiger partial charge on any atom is 0.295 e. The zero-order valence-corrected chi connectivity index (χ0v) is 10.2. The first kappa shape index (κ1) is 12.8. The van der Waals surface area contributed by atoms with Crippen molar-refractivity contribution in [1.82, 2.24) is 0 Å². The van der Waals surface area contributed by atoms with Crippen LogP contribution >= 0.6 is 0 Å². The lowest BCUT2D eigenvalue weighted by atomic mass is 10.1. The Morgan fingerprint density at radius 1 is 1.61 bits per heavy atom. The molecular formula is C12H16FN3O2. The second-order valence-electron chi connectivity index (χ2n) is 4.57. The van der Waals surface area contributed by atoms with Gasteiger partial charge in [0.15, 0.2) is 0 Å². The largest absolute Gasteiger partial charge is 0.362 e. The maximum atomic E-state index is 13.4. The topological polar surface area (TPSA) is 72.4 Å².